The third kappa shape index (κ3) is 6.08. The van der Waals surface area contributed by atoms with Crippen LogP contribution in [0, 0.1) is 6.92 Å². The lowest BCUT2D eigenvalue weighted by Crippen LogP contribution is -2.30. The zero-order valence-corrected chi connectivity index (χ0v) is 16.9. The van der Waals surface area contributed by atoms with Crippen LogP contribution >= 0.6 is 11.3 Å². The summed E-state index contributed by atoms with van der Waals surface area (Å²) in [6.07, 6.45) is 3.51. The molecule has 0 N–H and O–H groups in total. The number of hydrogen-bond donors (Lipinski definition) is 0. The number of nitrogens with zero attached hydrogens (tertiary/aromatic N) is 3. The molecular weight excluding hydrogens is 342 g/mol. The fourth-order valence-electron chi connectivity index (χ4n) is 3.33. The molecule has 1 aliphatic heterocycles. The predicted molar refractivity (Wildman–Crippen MR) is 109 cm³/mol. The molecule has 0 aliphatic carbocycles. The fourth-order valence-corrected chi connectivity index (χ4v) is 3.94. The molecule has 1 aromatic heterocycles. The smallest absolute Gasteiger partial charge is 0.119 e. The van der Waals surface area contributed by atoms with E-state index in [1.807, 2.05) is 0 Å². The van der Waals surface area contributed by atoms with Crippen LogP contribution in [0.15, 0.2) is 29.6 Å². The Morgan fingerprint density at radius 1 is 1.04 bits per heavy atom. The summed E-state index contributed by atoms with van der Waals surface area (Å²) in [5.41, 5.74) is 2.59. The summed E-state index contributed by atoms with van der Waals surface area (Å²) in [4.78, 5) is 9.72. The van der Waals surface area contributed by atoms with Gasteiger partial charge in [-0.05, 0) is 50.6 Å². The highest BCUT2D eigenvalue weighted by Gasteiger charge is 2.16. The van der Waals surface area contributed by atoms with Gasteiger partial charge in [0.05, 0.1) is 17.3 Å². The van der Waals surface area contributed by atoms with Crippen molar-refractivity contribution in [2.45, 2.75) is 46.2 Å². The number of aryl methyl sites for hydroxylation is 1. The van der Waals surface area contributed by atoms with Crippen molar-refractivity contribution in [3.05, 3.63) is 45.9 Å². The molecule has 2 heterocycles. The van der Waals surface area contributed by atoms with E-state index in [9.17, 15) is 0 Å². The Morgan fingerprint density at radius 2 is 1.77 bits per heavy atom. The van der Waals surface area contributed by atoms with Gasteiger partial charge in [0.1, 0.15) is 5.75 Å². The van der Waals surface area contributed by atoms with E-state index in [2.05, 4.69) is 58.3 Å². The zero-order valence-electron chi connectivity index (χ0n) is 16.1. The third-order valence-corrected chi connectivity index (χ3v) is 5.65. The molecule has 2 aromatic rings. The SMILES string of the molecule is CCCCOc1ccc(CN2CCCN(Cc3csc(C)n3)CC2)cc1. The summed E-state index contributed by atoms with van der Waals surface area (Å²) in [7, 11) is 0. The van der Waals surface area contributed by atoms with Crippen LogP contribution in [0.4, 0.5) is 0 Å². The Hall–Kier alpha value is -1.43. The van der Waals surface area contributed by atoms with Gasteiger partial charge in [0.2, 0.25) is 0 Å². The molecule has 0 atom stereocenters. The first kappa shape index (κ1) is 19.3. The Balaban J connectivity index is 1.45. The quantitative estimate of drug-likeness (QED) is 0.644. The van der Waals surface area contributed by atoms with Crippen LogP contribution in [0.5, 0.6) is 5.75 Å². The number of benzene rings is 1. The average molecular weight is 374 g/mol. The Kier molecular flexibility index (Phi) is 7.47. The summed E-state index contributed by atoms with van der Waals surface area (Å²) < 4.78 is 5.76. The monoisotopic (exact) mass is 373 g/mol. The molecule has 0 saturated carbocycles. The maximum absolute atomic E-state index is 5.76. The van der Waals surface area contributed by atoms with Crippen molar-refractivity contribution in [2.24, 2.45) is 0 Å². The van der Waals surface area contributed by atoms with Crippen molar-refractivity contribution in [1.29, 1.82) is 0 Å². The van der Waals surface area contributed by atoms with E-state index in [1.54, 1.807) is 11.3 Å². The lowest BCUT2D eigenvalue weighted by Gasteiger charge is -2.21. The average Bonchev–Trinajstić information content (AvgIpc) is 2.92. The molecule has 3 rings (SSSR count). The largest absolute Gasteiger partial charge is 0.494 e. The van der Waals surface area contributed by atoms with E-state index in [1.165, 1.54) is 35.7 Å². The molecule has 26 heavy (non-hydrogen) atoms. The molecule has 0 amide bonds. The molecule has 1 aliphatic rings. The van der Waals surface area contributed by atoms with Crippen molar-refractivity contribution in [1.82, 2.24) is 14.8 Å². The normalized spacial score (nSPS) is 16.5. The highest BCUT2D eigenvalue weighted by atomic mass is 32.1. The molecule has 0 radical (unpaired) electrons. The van der Waals surface area contributed by atoms with Crippen LogP contribution in [0.25, 0.3) is 0 Å². The van der Waals surface area contributed by atoms with Crippen molar-refractivity contribution in [2.75, 3.05) is 32.8 Å². The van der Waals surface area contributed by atoms with E-state index in [4.69, 9.17) is 4.74 Å². The van der Waals surface area contributed by atoms with Crippen molar-refractivity contribution < 1.29 is 4.74 Å². The number of rotatable bonds is 8. The van der Waals surface area contributed by atoms with Crippen LogP contribution in [-0.4, -0.2) is 47.6 Å². The van der Waals surface area contributed by atoms with Crippen LogP contribution in [-0.2, 0) is 13.1 Å². The van der Waals surface area contributed by atoms with Gasteiger partial charge in [-0.1, -0.05) is 25.5 Å². The first-order valence-corrected chi connectivity index (χ1v) is 10.7. The van der Waals surface area contributed by atoms with E-state index >= 15 is 0 Å². The minimum Gasteiger partial charge on any atom is -0.494 e. The van der Waals surface area contributed by atoms with Gasteiger partial charge >= 0.3 is 0 Å². The number of thiazole rings is 1. The Morgan fingerprint density at radius 3 is 2.42 bits per heavy atom. The highest BCUT2D eigenvalue weighted by molar-refractivity contribution is 7.09. The minimum atomic E-state index is 0.816. The standard InChI is InChI=1S/C21H31N3OS/c1-3-4-14-25-21-8-6-19(7-9-21)15-23-10-5-11-24(13-12-23)16-20-17-26-18(2)22-20/h6-9,17H,3-5,10-16H2,1-2H3. The minimum absolute atomic E-state index is 0.816. The zero-order chi connectivity index (χ0) is 18.2. The molecule has 142 valence electrons. The lowest BCUT2D eigenvalue weighted by molar-refractivity contribution is 0.245. The van der Waals surface area contributed by atoms with Crippen LogP contribution in [0.2, 0.25) is 0 Å². The third-order valence-electron chi connectivity index (χ3n) is 4.83. The lowest BCUT2D eigenvalue weighted by atomic mass is 10.2. The molecule has 4 nitrogen and oxygen atoms in total. The molecule has 1 aromatic carbocycles. The molecular formula is C21H31N3OS. The topological polar surface area (TPSA) is 28.6 Å². The predicted octanol–water partition coefficient (Wildman–Crippen LogP) is 4.34. The van der Waals surface area contributed by atoms with Crippen molar-refractivity contribution in [3.8, 4) is 5.75 Å². The van der Waals surface area contributed by atoms with Crippen molar-refractivity contribution in [3.63, 3.8) is 0 Å². The van der Waals surface area contributed by atoms with E-state index < -0.39 is 0 Å². The fraction of sp³-hybridized carbons (Fsp3) is 0.571. The summed E-state index contributed by atoms with van der Waals surface area (Å²) in [5.74, 6) is 0.989. The summed E-state index contributed by atoms with van der Waals surface area (Å²) >= 11 is 1.75. The number of ether oxygens (including phenoxy) is 1. The van der Waals surface area contributed by atoms with Crippen LogP contribution in [0.3, 0.4) is 0 Å². The number of aromatic nitrogens is 1. The maximum Gasteiger partial charge on any atom is 0.119 e. The van der Waals surface area contributed by atoms with Crippen LogP contribution < -0.4 is 4.74 Å². The van der Waals surface area contributed by atoms with E-state index in [0.717, 1.165) is 51.5 Å². The molecule has 1 fully saturated rings. The van der Waals surface area contributed by atoms with Gasteiger partial charge in [0, 0.05) is 31.6 Å². The van der Waals surface area contributed by atoms with Gasteiger partial charge < -0.3 is 4.74 Å². The highest BCUT2D eigenvalue weighted by Crippen LogP contribution is 2.16. The summed E-state index contributed by atoms with van der Waals surface area (Å²) in [6, 6.07) is 8.64. The molecule has 0 bridgehead atoms. The van der Waals surface area contributed by atoms with Crippen molar-refractivity contribution >= 4 is 11.3 Å². The van der Waals surface area contributed by atoms with Gasteiger partial charge in [0.15, 0.2) is 0 Å². The second-order valence-corrected chi connectivity index (χ2v) is 8.17. The molecule has 1 saturated heterocycles. The second kappa shape index (κ2) is 10.0. The second-order valence-electron chi connectivity index (χ2n) is 7.11. The van der Waals surface area contributed by atoms with Gasteiger partial charge in [-0.15, -0.1) is 11.3 Å². The molecule has 0 spiro atoms. The van der Waals surface area contributed by atoms with Gasteiger partial charge in [-0.3, -0.25) is 9.80 Å². The number of unbranched alkanes of at least 4 members (excludes halogenated alkanes) is 1. The van der Waals surface area contributed by atoms with Gasteiger partial charge in [0.25, 0.3) is 0 Å². The summed E-state index contributed by atoms with van der Waals surface area (Å²) in [5, 5.41) is 3.36. The number of hydrogen-bond acceptors (Lipinski definition) is 5. The Labute approximate surface area is 161 Å². The van der Waals surface area contributed by atoms with Gasteiger partial charge in [-0.2, -0.15) is 0 Å². The van der Waals surface area contributed by atoms with E-state index in [0.29, 0.717) is 0 Å². The summed E-state index contributed by atoms with van der Waals surface area (Å²) in [6.45, 7) is 11.7. The van der Waals surface area contributed by atoms with Crippen LogP contribution in [0.1, 0.15) is 42.5 Å². The molecule has 0 unspecified atom stereocenters. The molecule has 5 heteroatoms. The first-order valence-electron chi connectivity index (χ1n) is 9.80. The Bertz CT molecular complexity index is 656. The van der Waals surface area contributed by atoms with E-state index in [-0.39, 0.29) is 0 Å². The first-order chi connectivity index (χ1) is 12.7. The van der Waals surface area contributed by atoms with Gasteiger partial charge in [-0.25, -0.2) is 4.98 Å². The maximum atomic E-state index is 5.76.